The lowest BCUT2D eigenvalue weighted by Crippen LogP contribution is -2.33. The van der Waals surface area contributed by atoms with E-state index in [4.69, 9.17) is 20.1 Å². The number of hydrogen-bond acceptors (Lipinski definition) is 5. The first-order valence-corrected chi connectivity index (χ1v) is 14.0. The van der Waals surface area contributed by atoms with Gasteiger partial charge in [0.15, 0.2) is 11.7 Å². The smallest absolute Gasteiger partial charge is 0.199 e. The van der Waals surface area contributed by atoms with E-state index in [0.29, 0.717) is 17.6 Å². The second kappa shape index (κ2) is 9.49. The minimum absolute atomic E-state index is 0.351. The molecule has 1 unspecified atom stereocenters. The van der Waals surface area contributed by atoms with Crippen LogP contribution in [-0.2, 0) is 0 Å². The summed E-state index contributed by atoms with van der Waals surface area (Å²) in [4.78, 5) is 13.9. The van der Waals surface area contributed by atoms with Crippen LogP contribution in [0.1, 0.15) is 29.8 Å². The van der Waals surface area contributed by atoms with E-state index in [1.54, 1.807) is 0 Å². The average molecular weight is 546 g/mol. The van der Waals surface area contributed by atoms with Gasteiger partial charge in [0.1, 0.15) is 17.6 Å². The number of fused-ring (bicyclic) bond motifs is 6. The van der Waals surface area contributed by atoms with Crippen LogP contribution >= 0.6 is 0 Å². The Bertz CT molecular complexity index is 2250. The van der Waals surface area contributed by atoms with Crippen molar-refractivity contribution in [3.05, 3.63) is 132 Å². The van der Waals surface area contributed by atoms with E-state index in [2.05, 4.69) is 71.0 Å². The first-order chi connectivity index (χ1) is 20.7. The van der Waals surface area contributed by atoms with Crippen LogP contribution in [0.25, 0.3) is 49.0 Å². The zero-order valence-electron chi connectivity index (χ0n) is 22.9. The molecule has 1 atom stereocenters. The maximum atomic E-state index is 6.48. The summed E-state index contributed by atoms with van der Waals surface area (Å²) in [5.74, 6) is 1.69. The van der Waals surface area contributed by atoms with Crippen molar-refractivity contribution < 1.29 is 4.42 Å². The normalized spacial score (nSPS) is 15.7. The van der Waals surface area contributed by atoms with Gasteiger partial charge < -0.3 is 20.5 Å². The summed E-state index contributed by atoms with van der Waals surface area (Å²) in [6, 6.07) is 35.4. The Balaban J connectivity index is 1.38. The number of nitrogen functional groups attached to an aromatic ring is 1. The summed E-state index contributed by atoms with van der Waals surface area (Å²) in [6.07, 6.45) is 3.67. The lowest BCUT2D eigenvalue weighted by atomic mass is 9.96. The van der Waals surface area contributed by atoms with Gasteiger partial charge in [-0.25, -0.2) is 9.98 Å². The molecule has 0 aliphatic carbocycles. The number of furan rings is 1. The predicted octanol–water partition coefficient (Wildman–Crippen LogP) is 8.35. The topological polar surface area (TPSA) is 91.7 Å². The molecular formula is C36H27N5O. The van der Waals surface area contributed by atoms with Gasteiger partial charge in [-0.3, -0.25) is 0 Å². The molecule has 2 aromatic heterocycles. The number of H-pyrrole nitrogens is 1. The molecule has 4 N–H and O–H groups in total. The number of allylic oxidation sites excluding steroid dienone is 1. The van der Waals surface area contributed by atoms with Crippen LogP contribution in [0.4, 0.5) is 5.88 Å². The number of aliphatic imine (C=N–C) groups is 2. The molecule has 0 bridgehead atoms. The molecule has 8 rings (SSSR count). The van der Waals surface area contributed by atoms with Gasteiger partial charge in [-0.05, 0) is 52.2 Å². The minimum atomic E-state index is -0.351. The highest BCUT2D eigenvalue weighted by molar-refractivity contribution is 6.32. The molecule has 0 saturated carbocycles. The van der Waals surface area contributed by atoms with E-state index in [0.717, 1.165) is 44.1 Å². The second-order valence-corrected chi connectivity index (χ2v) is 10.5. The maximum Gasteiger partial charge on any atom is 0.199 e. The number of nitrogens with zero attached hydrogens (tertiary/aromatic N) is 2. The van der Waals surface area contributed by atoms with Crippen molar-refractivity contribution in [2.75, 3.05) is 5.73 Å². The van der Waals surface area contributed by atoms with Crippen molar-refractivity contribution in [3.8, 4) is 0 Å². The molecule has 0 radical (unpaired) electrons. The number of anilines is 1. The third kappa shape index (κ3) is 3.73. The van der Waals surface area contributed by atoms with E-state index >= 15 is 0 Å². The van der Waals surface area contributed by atoms with Crippen molar-refractivity contribution in [2.24, 2.45) is 9.98 Å². The van der Waals surface area contributed by atoms with E-state index < -0.39 is 0 Å². The number of amidine groups is 2. The van der Waals surface area contributed by atoms with Gasteiger partial charge in [-0.2, -0.15) is 0 Å². The summed E-state index contributed by atoms with van der Waals surface area (Å²) >= 11 is 0. The van der Waals surface area contributed by atoms with E-state index in [1.165, 1.54) is 21.5 Å². The Labute approximate surface area is 241 Å². The summed E-state index contributed by atoms with van der Waals surface area (Å²) in [5.41, 5.74) is 11.9. The lowest BCUT2D eigenvalue weighted by molar-refractivity contribution is 0.636. The van der Waals surface area contributed by atoms with Gasteiger partial charge in [-0.15, -0.1) is 0 Å². The van der Waals surface area contributed by atoms with Crippen molar-refractivity contribution in [1.82, 2.24) is 10.3 Å². The third-order valence-corrected chi connectivity index (χ3v) is 8.10. The van der Waals surface area contributed by atoms with Crippen LogP contribution in [0.3, 0.4) is 0 Å². The van der Waals surface area contributed by atoms with Crippen molar-refractivity contribution in [2.45, 2.75) is 13.1 Å². The standard InChI is InChI=1S/C36H27N5O/c1-2-23(31-27-14-8-9-15-30(27)42-33(31)37)35-39-34(22-11-4-3-5-12-22)40-36(41-35)29-20-28-24-13-7-6-10-21(24)16-17-25(28)26-18-19-38-32(26)29/h2-20,34,38H,37H2,1H3,(H,39,40,41)/b23-2+. The fraction of sp³-hybridized carbons (Fsp3) is 0.0556. The Morgan fingerprint density at radius 3 is 2.45 bits per heavy atom. The van der Waals surface area contributed by atoms with Crippen molar-refractivity contribution >= 4 is 66.5 Å². The highest BCUT2D eigenvalue weighted by Crippen LogP contribution is 2.37. The molecule has 1 aliphatic heterocycles. The Hall–Kier alpha value is -5.62. The molecule has 202 valence electrons. The van der Waals surface area contributed by atoms with Crippen LogP contribution in [0.15, 0.2) is 130 Å². The van der Waals surface area contributed by atoms with Crippen LogP contribution < -0.4 is 11.1 Å². The zero-order chi connectivity index (χ0) is 28.2. The van der Waals surface area contributed by atoms with E-state index in [9.17, 15) is 0 Å². The predicted molar refractivity (Wildman–Crippen MR) is 174 cm³/mol. The fourth-order valence-corrected chi connectivity index (χ4v) is 6.15. The maximum absolute atomic E-state index is 6.48. The molecule has 1 aliphatic rings. The highest BCUT2D eigenvalue weighted by Gasteiger charge is 2.27. The molecule has 0 spiro atoms. The van der Waals surface area contributed by atoms with E-state index in [1.807, 2.05) is 61.7 Å². The number of nitrogens with one attached hydrogen (secondary N) is 2. The summed E-state index contributed by atoms with van der Waals surface area (Å²) in [7, 11) is 0. The van der Waals surface area contributed by atoms with Gasteiger partial charge in [-0.1, -0.05) is 91.0 Å². The molecule has 3 heterocycles. The molecule has 6 nitrogen and oxygen atoms in total. The molecule has 0 amide bonds. The third-order valence-electron chi connectivity index (χ3n) is 8.10. The summed E-state index contributed by atoms with van der Waals surface area (Å²) in [5, 5.41) is 10.4. The molecule has 6 heteroatoms. The molecule has 42 heavy (non-hydrogen) atoms. The first-order valence-electron chi connectivity index (χ1n) is 14.0. The Morgan fingerprint density at radius 1 is 0.810 bits per heavy atom. The van der Waals surface area contributed by atoms with Crippen molar-refractivity contribution in [3.63, 3.8) is 0 Å². The minimum Gasteiger partial charge on any atom is -0.440 e. The number of rotatable bonds is 4. The molecular weight excluding hydrogens is 518 g/mol. The number of hydrogen-bond donors (Lipinski definition) is 3. The molecule has 0 fully saturated rings. The number of para-hydroxylation sites is 1. The molecule has 5 aromatic carbocycles. The van der Waals surface area contributed by atoms with Gasteiger partial charge in [0, 0.05) is 28.1 Å². The second-order valence-electron chi connectivity index (χ2n) is 10.5. The van der Waals surface area contributed by atoms with Crippen molar-refractivity contribution in [1.29, 1.82) is 0 Å². The highest BCUT2D eigenvalue weighted by atomic mass is 16.3. The van der Waals surface area contributed by atoms with Gasteiger partial charge in [0.2, 0.25) is 0 Å². The zero-order valence-corrected chi connectivity index (χ0v) is 22.9. The van der Waals surface area contributed by atoms with Gasteiger partial charge >= 0.3 is 0 Å². The number of aromatic amines is 1. The quantitative estimate of drug-likeness (QED) is 0.194. The number of nitrogens with two attached hydrogens (primary N) is 1. The lowest BCUT2D eigenvalue weighted by Gasteiger charge is -2.25. The van der Waals surface area contributed by atoms with E-state index in [-0.39, 0.29) is 6.17 Å². The number of aromatic nitrogens is 1. The average Bonchev–Trinajstić information content (AvgIpc) is 3.66. The van der Waals surface area contributed by atoms with Gasteiger partial charge in [0.05, 0.1) is 11.1 Å². The van der Waals surface area contributed by atoms with Crippen LogP contribution in [0.2, 0.25) is 0 Å². The van der Waals surface area contributed by atoms with Gasteiger partial charge in [0.25, 0.3) is 0 Å². The summed E-state index contributed by atoms with van der Waals surface area (Å²) in [6.45, 7) is 2.00. The van der Waals surface area contributed by atoms with Crippen LogP contribution in [0, 0.1) is 0 Å². The van der Waals surface area contributed by atoms with Crippen LogP contribution in [-0.4, -0.2) is 16.7 Å². The van der Waals surface area contributed by atoms with Crippen LogP contribution in [0.5, 0.6) is 0 Å². The Morgan fingerprint density at radius 2 is 1.60 bits per heavy atom. The first kappa shape index (κ1) is 24.2. The largest absolute Gasteiger partial charge is 0.440 e. The molecule has 7 aromatic rings. The monoisotopic (exact) mass is 545 g/mol. The SMILES string of the molecule is C/C=C(/C1=NC(c2cc3c4ccccc4ccc3c3cc[nH]c23)=NC(c2ccccc2)N1)c1c(N)oc2ccccc12. The fourth-order valence-electron chi connectivity index (χ4n) is 6.15. The number of benzene rings is 5. The Kier molecular flexibility index (Phi) is 5.47. The summed E-state index contributed by atoms with van der Waals surface area (Å²) < 4.78 is 5.95. The molecule has 0 saturated heterocycles.